The molecule has 3 saturated carbocycles. The first-order valence-corrected chi connectivity index (χ1v) is 15.0. The number of nitrogens with one attached hydrogen (secondary N) is 1. The molecule has 0 saturated heterocycles. The zero-order chi connectivity index (χ0) is 28.1. The van der Waals surface area contributed by atoms with Gasteiger partial charge in [-0.3, -0.25) is 0 Å². The molecule has 3 aliphatic rings. The number of aliphatic hydroxyl groups excluding tert-OH is 2. The van der Waals surface area contributed by atoms with Gasteiger partial charge in [0.25, 0.3) is 0 Å². The van der Waals surface area contributed by atoms with Crippen LogP contribution in [0.5, 0.6) is 5.75 Å². The Morgan fingerprint density at radius 2 is 1.62 bits per heavy atom. The van der Waals surface area contributed by atoms with E-state index in [1.807, 2.05) is 46.9 Å². The van der Waals surface area contributed by atoms with Crippen LogP contribution in [0.3, 0.4) is 0 Å². The van der Waals surface area contributed by atoms with Crippen molar-refractivity contribution in [3.8, 4) is 5.75 Å². The topological polar surface area (TPSA) is 61.7 Å². The normalized spacial score (nSPS) is 32.4. The second-order valence-corrected chi connectivity index (χ2v) is 11.2. The van der Waals surface area contributed by atoms with Gasteiger partial charge in [0, 0.05) is 6.61 Å². The number of methoxy groups -OCH3 is 1. The number of ether oxygens (including phenoxy) is 1. The molecule has 6 unspecified atom stereocenters. The summed E-state index contributed by atoms with van der Waals surface area (Å²) in [6.45, 7) is 18.4. The van der Waals surface area contributed by atoms with Crippen molar-refractivity contribution in [1.82, 2.24) is 5.32 Å². The van der Waals surface area contributed by atoms with Crippen LogP contribution in [-0.4, -0.2) is 43.6 Å². The number of allylic oxidation sites excluding steroid dienone is 1. The van der Waals surface area contributed by atoms with Gasteiger partial charge in [-0.2, -0.15) is 0 Å². The van der Waals surface area contributed by atoms with E-state index in [2.05, 4.69) is 37.9 Å². The first-order valence-electron chi connectivity index (χ1n) is 15.0. The summed E-state index contributed by atoms with van der Waals surface area (Å²) >= 11 is 0. The molecule has 3 N–H and O–H groups in total. The van der Waals surface area contributed by atoms with Crippen LogP contribution in [0, 0.1) is 28.6 Å². The number of fused-ring (bicyclic) bond motifs is 1. The zero-order valence-corrected chi connectivity index (χ0v) is 25.4. The fraction of sp³-hybridized carbons (Fsp3) is 0.758. The van der Waals surface area contributed by atoms with Crippen molar-refractivity contribution in [2.75, 3.05) is 27.3 Å². The quantitative estimate of drug-likeness (QED) is 0.343. The van der Waals surface area contributed by atoms with E-state index < -0.39 is 0 Å². The van der Waals surface area contributed by atoms with Gasteiger partial charge < -0.3 is 20.3 Å². The minimum absolute atomic E-state index is 0.199. The highest BCUT2D eigenvalue weighted by Crippen LogP contribution is 2.61. The Labute approximate surface area is 229 Å². The second kappa shape index (κ2) is 16.6. The fourth-order valence-corrected chi connectivity index (χ4v) is 6.81. The molecule has 0 amide bonds. The molecule has 0 heterocycles. The fourth-order valence-electron chi connectivity index (χ4n) is 6.81. The minimum atomic E-state index is -0.199. The monoisotopic (exact) mass is 517 g/mol. The Balaban J connectivity index is 0.000000365. The molecule has 3 aliphatic carbocycles. The van der Waals surface area contributed by atoms with Crippen LogP contribution < -0.4 is 10.1 Å². The lowest BCUT2D eigenvalue weighted by Gasteiger charge is -2.52. The molecule has 1 aromatic carbocycles. The Kier molecular flexibility index (Phi) is 15.1. The predicted molar refractivity (Wildman–Crippen MR) is 159 cm³/mol. The third kappa shape index (κ3) is 8.57. The largest absolute Gasteiger partial charge is 0.497 e. The van der Waals surface area contributed by atoms with Crippen molar-refractivity contribution in [3.05, 3.63) is 42.0 Å². The third-order valence-electron chi connectivity index (χ3n) is 9.57. The molecule has 0 aromatic heterocycles. The van der Waals surface area contributed by atoms with E-state index in [0.717, 1.165) is 43.9 Å². The number of aliphatic hydroxyl groups is 2. The third-order valence-corrected chi connectivity index (χ3v) is 9.57. The van der Waals surface area contributed by atoms with E-state index in [1.165, 1.54) is 43.2 Å². The Hall–Kier alpha value is -1.36. The maximum Gasteiger partial charge on any atom is 0.118 e. The SMILES string of the molecule is C=C1CCC2CC(C3(C)CCC(O)CC3CO)CCC12C.CC.CC.CNCCc1ccc(OC)cc1. The van der Waals surface area contributed by atoms with Crippen molar-refractivity contribution in [3.63, 3.8) is 0 Å². The minimum Gasteiger partial charge on any atom is -0.497 e. The van der Waals surface area contributed by atoms with E-state index in [1.54, 1.807) is 7.11 Å². The van der Waals surface area contributed by atoms with Gasteiger partial charge in [0.15, 0.2) is 0 Å². The standard InChI is InChI=1S/C19H32O2.C10H15NO.2C2H6/c1-13-4-5-14-10-15(6-8-18(13,14)2)19(3)9-7-17(21)11-16(19)12-20;1-11-8-7-9-3-5-10(12-2)6-4-9;2*1-2/h14-17,20-21H,1,4-12H2,2-3H3;3-6,11H,7-8H2,1-2H3;2*1-2H3. The van der Waals surface area contributed by atoms with Gasteiger partial charge in [0.2, 0.25) is 0 Å². The molecule has 0 aliphatic heterocycles. The zero-order valence-electron chi connectivity index (χ0n) is 25.4. The maximum atomic E-state index is 9.94. The molecule has 4 rings (SSSR count). The highest BCUT2D eigenvalue weighted by Gasteiger charge is 2.52. The lowest BCUT2D eigenvalue weighted by Crippen LogP contribution is -2.46. The van der Waals surface area contributed by atoms with E-state index in [9.17, 15) is 10.2 Å². The Bertz CT molecular complexity index is 763. The van der Waals surface area contributed by atoms with Gasteiger partial charge in [0.1, 0.15) is 5.75 Å². The van der Waals surface area contributed by atoms with Crippen molar-refractivity contribution in [1.29, 1.82) is 0 Å². The van der Waals surface area contributed by atoms with Crippen LogP contribution in [0.2, 0.25) is 0 Å². The molecule has 37 heavy (non-hydrogen) atoms. The molecular formula is C33H59NO3. The van der Waals surface area contributed by atoms with Crippen molar-refractivity contribution < 1.29 is 14.9 Å². The Morgan fingerprint density at radius 3 is 2.19 bits per heavy atom. The van der Waals surface area contributed by atoms with Crippen LogP contribution in [0.15, 0.2) is 36.4 Å². The van der Waals surface area contributed by atoms with Gasteiger partial charge in [-0.05, 0) is 118 Å². The van der Waals surface area contributed by atoms with Crippen LogP contribution in [0.4, 0.5) is 0 Å². The van der Waals surface area contributed by atoms with E-state index in [0.29, 0.717) is 11.3 Å². The van der Waals surface area contributed by atoms with Crippen LogP contribution >= 0.6 is 0 Å². The number of benzene rings is 1. The first kappa shape index (κ1) is 33.7. The average Bonchev–Trinajstić information content (AvgIpc) is 3.25. The number of likely N-dealkylation sites (N-methyl/N-ethyl adjacent to an activating group) is 1. The Morgan fingerprint density at radius 1 is 0.973 bits per heavy atom. The van der Waals surface area contributed by atoms with Crippen LogP contribution in [0.1, 0.15) is 98.5 Å². The first-order chi connectivity index (χ1) is 17.8. The molecule has 214 valence electrons. The summed E-state index contributed by atoms with van der Waals surface area (Å²) in [4.78, 5) is 0. The molecule has 4 heteroatoms. The van der Waals surface area contributed by atoms with Gasteiger partial charge in [-0.25, -0.2) is 0 Å². The summed E-state index contributed by atoms with van der Waals surface area (Å²) < 4.78 is 5.06. The summed E-state index contributed by atoms with van der Waals surface area (Å²) in [5, 5.41) is 22.9. The van der Waals surface area contributed by atoms with E-state index in [-0.39, 0.29) is 24.0 Å². The van der Waals surface area contributed by atoms with Gasteiger partial charge in [-0.1, -0.05) is 65.8 Å². The van der Waals surface area contributed by atoms with Crippen molar-refractivity contribution in [2.45, 2.75) is 105 Å². The lowest BCUT2D eigenvalue weighted by molar-refractivity contribution is -0.0661. The smallest absolute Gasteiger partial charge is 0.118 e. The molecule has 1 aromatic rings. The molecule has 3 fully saturated rings. The highest BCUT2D eigenvalue weighted by molar-refractivity contribution is 5.27. The lowest BCUT2D eigenvalue weighted by atomic mass is 9.53. The molecule has 4 nitrogen and oxygen atoms in total. The highest BCUT2D eigenvalue weighted by atomic mass is 16.5. The van der Waals surface area contributed by atoms with Crippen molar-refractivity contribution in [2.24, 2.45) is 28.6 Å². The number of rotatable bonds is 6. The summed E-state index contributed by atoms with van der Waals surface area (Å²) in [5.41, 5.74) is 3.42. The molecule has 0 bridgehead atoms. The summed E-state index contributed by atoms with van der Waals surface area (Å²) in [6, 6.07) is 8.17. The van der Waals surface area contributed by atoms with Gasteiger partial charge >= 0.3 is 0 Å². The van der Waals surface area contributed by atoms with Gasteiger partial charge in [0.05, 0.1) is 13.2 Å². The van der Waals surface area contributed by atoms with Crippen LogP contribution in [-0.2, 0) is 6.42 Å². The predicted octanol–water partition coefficient (Wildman–Crippen LogP) is 7.43. The van der Waals surface area contributed by atoms with Crippen molar-refractivity contribution >= 4 is 0 Å². The van der Waals surface area contributed by atoms with Crippen LogP contribution in [0.25, 0.3) is 0 Å². The number of hydrogen-bond donors (Lipinski definition) is 3. The maximum absolute atomic E-state index is 9.94. The second-order valence-electron chi connectivity index (χ2n) is 11.2. The molecule has 0 radical (unpaired) electrons. The summed E-state index contributed by atoms with van der Waals surface area (Å²) in [7, 11) is 3.64. The summed E-state index contributed by atoms with van der Waals surface area (Å²) in [5.74, 6) is 2.71. The summed E-state index contributed by atoms with van der Waals surface area (Å²) in [6.07, 6.45) is 10.0. The van der Waals surface area contributed by atoms with E-state index >= 15 is 0 Å². The molecule has 6 atom stereocenters. The number of hydrogen-bond acceptors (Lipinski definition) is 4. The average molecular weight is 518 g/mol. The van der Waals surface area contributed by atoms with E-state index in [4.69, 9.17) is 4.74 Å². The molecular weight excluding hydrogens is 458 g/mol. The van der Waals surface area contributed by atoms with Gasteiger partial charge in [-0.15, -0.1) is 0 Å². The molecule has 0 spiro atoms.